The molecule has 1 aliphatic carbocycles. The highest BCUT2D eigenvalue weighted by Gasteiger charge is 2.24. The van der Waals surface area contributed by atoms with E-state index in [4.69, 9.17) is 4.74 Å². The van der Waals surface area contributed by atoms with Gasteiger partial charge in [0.2, 0.25) is 0 Å². The highest BCUT2D eigenvalue weighted by atomic mass is 79.9. The molecule has 0 spiro atoms. The van der Waals surface area contributed by atoms with Gasteiger partial charge in [0.15, 0.2) is 0 Å². The second kappa shape index (κ2) is 7.15. The topological polar surface area (TPSA) is 21.3 Å². The Morgan fingerprint density at radius 3 is 2.90 bits per heavy atom. The summed E-state index contributed by atoms with van der Waals surface area (Å²) in [5.74, 6) is 2.10. The fraction of sp³-hybridized carbons (Fsp3) is 0.667. The van der Waals surface area contributed by atoms with Crippen LogP contribution < -0.4 is 10.1 Å². The monoisotopic (exact) mass is 351 g/mol. The predicted octanol–water partition coefficient (Wildman–Crippen LogP) is 5.01. The molecule has 1 heterocycles. The van der Waals surface area contributed by atoms with Crippen LogP contribution >= 0.6 is 15.9 Å². The summed E-state index contributed by atoms with van der Waals surface area (Å²) in [7, 11) is 0. The van der Waals surface area contributed by atoms with Gasteiger partial charge in [-0.1, -0.05) is 48.5 Å². The van der Waals surface area contributed by atoms with Gasteiger partial charge < -0.3 is 10.1 Å². The number of hydrogen-bond acceptors (Lipinski definition) is 2. The van der Waals surface area contributed by atoms with Crippen LogP contribution in [0.3, 0.4) is 0 Å². The molecule has 0 amide bonds. The van der Waals surface area contributed by atoms with Crippen LogP contribution in [-0.4, -0.2) is 13.2 Å². The van der Waals surface area contributed by atoms with Crippen LogP contribution in [0.15, 0.2) is 16.6 Å². The molecule has 2 nitrogen and oxygen atoms in total. The van der Waals surface area contributed by atoms with Crippen molar-refractivity contribution in [1.82, 2.24) is 5.32 Å². The third-order valence-corrected chi connectivity index (χ3v) is 5.40. The molecular weight excluding hydrogens is 326 g/mol. The van der Waals surface area contributed by atoms with E-state index in [1.54, 1.807) is 0 Å². The lowest BCUT2D eigenvalue weighted by molar-refractivity contribution is 0.343. The molecule has 1 fully saturated rings. The molecule has 0 saturated heterocycles. The second-order valence-corrected chi connectivity index (χ2v) is 7.34. The fourth-order valence-corrected chi connectivity index (χ4v) is 4.40. The van der Waals surface area contributed by atoms with Crippen molar-refractivity contribution in [3.05, 3.63) is 27.7 Å². The highest BCUT2D eigenvalue weighted by molar-refractivity contribution is 9.10. The van der Waals surface area contributed by atoms with E-state index in [2.05, 4.69) is 40.3 Å². The smallest absolute Gasteiger partial charge is 0.127 e. The van der Waals surface area contributed by atoms with Gasteiger partial charge in [-0.05, 0) is 43.0 Å². The van der Waals surface area contributed by atoms with E-state index in [1.807, 2.05) is 0 Å². The van der Waals surface area contributed by atoms with Crippen molar-refractivity contribution >= 4 is 15.9 Å². The normalized spacial score (nSPS) is 19.5. The van der Waals surface area contributed by atoms with Crippen LogP contribution in [-0.2, 0) is 6.42 Å². The molecule has 1 aliphatic heterocycles. The van der Waals surface area contributed by atoms with Gasteiger partial charge >= 0.3 is 0 Å². The third kappa shape index (κ3) is 3.62. The number of ether oxygens (including phenoxy) is 1. The van der Waals surface area contributed by atoms with Crippen molar-refractivity contribution < 1.29 is 4.74 Å². The van der Waals surface area contributed by atoms with Gasteiger partial charge in [0.25, 0.3) is 0 Å². The molecule has 0 bridgehead atoms. The minimum absolute atomic E-state index is 0.431. The third-order valence-electron chi connectivity index (χ3n) is 4.94. The first kappa shape index (κ1) is 15.4. The van der Waals surface area contributed by atoms with Crippen molar-refractivity contribution in [2.75, 3.05) is 13.2 Å². The summed E-state index contributed by atoms with van der Waals surface area (Å²) in [6.07, 6.45) is 9.36. The van der Waals surface area contributed by atoms with E-state index < -0.39 is 0 Å². The first-order valence-electron chi connectivity index (χ1n) is 8.46. The molecule has 1 N–H and O–H groups in total. The molecule has 116 valence electrons. The number of halogens is 1. The fourth-order valence-electron chi connectivity index (χ4n) is 3.87. The molecular formula is C18H26BrNO. The van der Waals surface area contributed by atoms with Crippen LogP contribution in [0.4, 0.5) is 0 Å². The lowest BCUT2D eigenvalue weighted by Gasteiger charge is -2.22. The van der Waals surface area contributed by atoms with Gasteiger partial charge in [-0.15, -0.1) is 0 Å². The highest BCUT2D eigenvalue weighted by Crippen LogP contribution is 2.39. The van der Waals surface area contributed by atoms with E-state index in [0.29, 0.717) is 6.04 Å². The van der Waals surface area contributed by atoms with E-state index >= 15 is 0 Å². The standard InChI is InChI=1S/C18H26BrNO/c1-2-20-17(8-7-13-5-3-4-6-13)16-12-15(19)11-14-9-10-21-18(14)16/h11-13,17,20H,2-10H2,1H3. The van der Waals surface area contributed by atoms with Crippen molar-refractivity contribution in [2.24, 2.45) is 5.92 Å². The minimum atomic E-state index is 0.431. The maximum Gasteiger partial charge on any atom is 0.127 e. The van der Waals surface area contributed by atoms with Crippen molar-refractivity contribution in [3.8, 4) is 5.75 Å². The Hall–Kier alpha value is -0.540. The number of nitrogens with one attached hydrogen (secondary N) is 1. The second-order valence-electron chi connectivity index (χ2n) is 6.42. The maximum atomic E-state index is 5.92. The maximum absolute atomic E-state index is 5.92. The number of rotatable bonds is 6. The van der Waals surface area contributed by atoms with Crippen LogP contribution in [0.1, 0.15) is 62.6 Å². The van der Waals surface area contributed by atoms with Crippen molar-refractivity contribution in [1.29, 1.82) is 0 Å². The molecule has 0 radical (unpaired) electrons. The Labute approximate surface area is 136 Å². The predicted molar refractivity (Wildman–Crippen MR) is 91.0 cm³/mol. The van der Waals surface area contributed by atoms with E-state index in [1.165, 1.54) is 54.1 Å². The zero-order valence-electron chi connectivity index (χ0n) is 13.0. The Bertz CT molecular complexity index is 482. The summed E-state index contributed by atoms with van der Waals surface area (Å²) in [6.45, 7) is 4.04. The Balaban J connectivity index is 1.76. The summed E-state index contributed by atoms with van der Waals surface area (Å²) in [6, 6.07) is 4.90. The van der Waals surface area contributed by atoms with Crippen LogP contribution in [0.2, 0.25) is 0 Å². The first-order chi connectivity index (χ1) is 10.3. The molecule has 1 saturated carbocycles. The van der Waals surface area contributed by atoms with Gasteiger partial charge in [0.1, 0.15) is 5.75 Å². The SMILES string of the molecule is CCNC(CCC1CCCC1)c1cc(Br)cc2c1OCC2. The molecule has 0 aromatic heterocycles. The first-order valence-corrected chi connectivity index (χ1v) is 9.25. The molecule has 21 heavy (non-hydrogen) atoms. The lowest BCUT2D eigenvalue weighted by Crippen LogP contribution is -2.22. The molecule has 3 heteroatoms. The van der Waals surface area contributed by atoms with Crippen LogP contribution in [0, 0.1) is 5.92 Å². The Morgan fingerprint density at radius 2 is 2.14 bits per heavy atom. The molecule has 1 unspecified atom stereocenters. The number of hydrogen-bond donors (Lipinski definition) is 1. The average Bonchev–Trinajstić information content (AvgIpc) is 3.13. The van der Waals surface area contributed by atoms with E-state index in [9.17, 15) is 0 Å². The Morgan fingerprint density at radius 1 is 1.33 bits per heavy atom. The molecule has 1 atom stereocenters. The van der Waals surface area contributed by atoms with Gasteiger partial charge in [-0.2, -0.15) is 0 Å². The zero-order chi connectivity index (χ0) is 14.7. The molecule has 1 aromatic rings. The van der Waals surface area contributed by atoms with Gasteiger partial charge in [0.05, 0.1) is 6.61 Å². The van der Waals surface area contributed by atoms with E-state index in [0.717, 1.165) is 31.2 Å². The van der Waals surface area contributed by atoms with E-state index in [-0.39, 0.29) is 0 Å². The largest absolute Gasteiger partial charge is 0.493 e. The lowest BCUT2D eigenvalue weighted by atomic mass is 9.93. The summed E-state index contributed by atoms with van der Waals surface area (Å²) >= 11 is 3.67. The summed E-state index contributed by atoms with van der Waals surface area (Å²) in [5, 5.41) is 3.68. The van der Waals surface area contributed by atoms with Crippen LogP contribution in [0.5, 0.6) is 5.75 Å². The van der Waals surface area contributed by atoms with Crippen LogP contribution in [0.25, 0.3) is 0 Å². The van der Waals surface area contributed by atoms with Gasteiger partial charge in [-0.3, -0.25) is 0 Å². The molecule has 2 aliphatic rings. The number of fused-ring (bicyclic) bond motifs is 1. The van der Waals surface area contributed by atoms with Crippen molar-refractivity contribution in [3.63, 3.8) is 0 Å². The average molecular weight is 352 g/mol. The molecule has 1 aromatic carbocycles. The summed E-state index contributed by atoms with van der Waals surface area (Å²) in [4.78, 5) is 0. The quantitative estimate of drug-likeness (QED) is 0.777. The van der Waals surface area contributed by atoms with Gasteiger partial charge in [-0.25, -0.2) is 0 Å². The van der Waals surface area contributed by atoms with Gasteiger partial charge in [0, 0.05) is 22.5 Å². The minimum Gasteiger partial charge on any atom is -0.493 e. The summed E-state index contributed by atoms with van der Waals surface area (Å²) < 4.78 is 7.11. The molecule has 3 rings (SSSR count). The summed E-state index contributed by atoms with van der Waals surface area (Å²) in [5.41, 5.74) is 2.72. The number of benzene rings is 1. The Kier molecular flexibility index (Phi) is 5.23. The van der Waals surface area contributed by atoms with Crippen molar-refractivity contribution in [2.45, 2.75) is 57.9 Å². The zero-order valence-corrected chi connectivity index (χ0v) is 14.5.